The Labute approximate surface area is 98.7 Å². The van der Waals surface area contributed by atoms with Crippen molar-refractivity contribution in [1.82, 2.24) is 0 Å². The van der Waals surface area contributed by atoms with E-state index in [1.165, 1.54) is 18.2 Å². The molecule has 2 rings (SSSR count). The number of allylic oxidation sites excluding steroid dienone is 4. The minimum Gasteiger partial charge on any atom is -0.507 e. The average molecular weight is 226 g/mol. The van der Waals surface area contributed by atoms with E-state index in [4.69, 9.17) is 0 Å². The highest BCUT2D eigenvalue weighted by Gasteiger charge is 2.11. The maximum atomic E-state index is 11.6. The van der Waals surface area contributed by atoms with Gasteiger partial charge in [-0.05, 0) is 18.1 Å². The van der Waals surface area contributed by atoms with Gasteiger partial charge in [-0.15, -0.1) is 0 Å². The topological polar surface area (TPSA) is 57.5 Å². The molecule has 1 aromatic rings. The standard InChI is InChI=1S/C14H10O3/c15-12(10-4-1-2-5-10)9-8-11-13(16)6-3-7-14(11)17/h1-7,10,16-17H. The summed E-state index contributed by atoms with van der Waals surface area (Å²) in [5.41, 5.74) is 0.0757. The predicted molar refractivity (Wildman–Crippen MR) is 63.4 cm³/mol. The number of ketones is 1. The van der Waals surface area contributed by atoms with Crippen LogP contribution in [0.15, 0.2) is 42.5 Å². The fourth-order valence-electron chi connectivity index (χ4n) is 1.47. The first-order chi connectivity index (χ1) is 8.18. The van der Waals surface area contributed by atoms with Crippen molar-refractivity contribution >= 4 is 5.78 Å². The molecule has 0 heterocycles. The van der Waals surface area contributed by atoms with Gasteiger partial charge in [0.1, 0.15) is 17.1 Å². The van der Waals surface area contributed by atoms with Crippen LogP contribution in [0.25, 0.3) is 0 Å². The molecule has 1 aromatic carbocycles. The number of rotatable bonds is 1. The maximum Gasteiger partial charge on any atom is 0.216 e. The summed E-state index contributed by atoms with van der Waals surface area (Å²) in [6, 6.07) is 4.31. The second kappa shape index (κ2) is 4.58. The number of Topliss-reactive ketones (excluding diaryl/α,β-unsaturated/α-hetero) is 1. The van der Waals surface area contributed by atoms with E-state index in [1.807, 2.05) is 0 Å². The van der Waals surface area contributed by atoms with Crippen LogP contribution in [0.3, 0.4) is 0 Å². The van der Waals surface area contributed by atoms with Gasteiger partial charge in [0, 0.05) is 0 Å². The highest BCUT2D eigenvalue weighted by atomic mass is 16.3. The molecule has 17 heavy (non-hydrogen) atoms. The quantitative estimate of drug-likeness (QED) is 0.717. The van der Waals surface area contributed by atoms with Gasteiger partial charge in [0.25, 0.3) is 0 Å². The fourth-order valence-corrected chi connectivity index (χ4v) is 1.47. The van der Waals surface area contributed by atoms with E-state index in [2.05, 4.69) is 11.8 Å². The Morgan fingerprint density at radius 1 is 1.12 bits per heavy atom. The highest BCUT2D eigenvalue weighted by Crippen LogP contribution is 2.24. The molecule has 0 amide bonds. The number of phenols is 2. The minimum absolute atomic E-state index is 0.0757. The van der Waals surface area contributed by atoms with Crippen LogP contribution in [-0.2, 0) is 4.79 Å². The van der Waals surface area contributed by atoms with Gasteiger partial charge in [-0.1, -0.05) is 36.3 Å². The molecule has 1 aliphatic rings. The first kappa shape index (κ1) is 11.0. The van der Waals surface area contributed by atoms with E-state index in [9.17, 15) is 15.0 Å². The lowest BCUT2D eigenvalue weighted by atomic mass is 10.1. The minimum atomic E-state index is -0.324. The third kappa shape index (κ3) is 2.37. The van der Waals surface area contributed by atoms with Crippen molar-refractivity contribution in [2.75, 3.05) is 0 Å². The second-order valence-corrected chi connectivity index (χ2v) is 3.58. The molecule has 0 bridgehead atoms. The zero-order chi connectivity index (χ0) is 12.3. The molecule has 84 valence electrons. The van der Waals surface area contributed by atoms with Crippen LogP contribution in [0.5, 0.6) is 11.5 Å². The van der Waals surface area contributed by atoms with Crippen molar-refractivity contribution in [3.63, 3.8) is 0 Å². The van der Waals surface area contributed by atoms with Gasteiger partial charge < -0.3 is 10.2 Å². The molecule has 0 saturated carbocycles. The molecule has 0 aromatic heterocycles. The number of carbonyl (C=O) groups excluding carboxylic acids is 1. The van der Waals surface area contributed by atoms with Crippen LogP contribution in [-0.4, -0.2) is 16.0 Å². The SMILES string of the molecule is O=C(C#Cc1c(O)cccc1O)C1C=CC=C1. The highest BCUT2D eigenvalue weighted by molar-refractivity contribution is 6.00. The zero-order valence-electron chi connectivity index (χ0n) is 8.92. The summed E-state index contributed by atoms with van der Waals surface area (Å²) in [6.07, 6.45) is 7.03. The normalized spacial score (nSPS) is 13.4. The summed E-state index contributed by atoms with van der Waals surface area (Å²) in [5, 5.41) is 18.9. The molecular formula is C14H10O3. The number of aromatic hydroxyl groups is 2. The summed E-state index contributed by atoms with van der Waals surface area (Å²) in [7, 11) is 0. The lowest BCUT2D eigenvalue weighted by Gasteiger charge is -1.99. The van der Waals surface area contributed by atoms with Crippen LogP contribution in [0.4, 0.5) is 0 Å². The van der Waals surface area contributed by atoms with Crippen LogP contribution in [0.2, 0.25) is 0 Å². The van der Waals surface area contributed by atoms with E-state index < -0.39 is 0 Å². The van der Waals surface area contributed by atoms with Crippen LogP contribution < -0.4 is 0 Å². The Kier molecular flexibility index (Phi) is 2.97. The van der Waals surface area contributed by atoms with E-state index in [-0.39, 0.29) is 28.8 Å². The molecule has 0 unspecified atom stereocenters. The Hall–Kier alpha value is -2.47. The lowest BCUT2D eigenvalue weighted by Crippen LogP contribution is -2.04. The van der Waals surface area contributed by atoms with E-state index in [0.29, 0.717) is 0 Å². The summed E-state index contributed by atoms with van der Waals surface area (Å²) < 4.78 is 0. The summed E-state index contributed by atoms with van der Waals surface area (Å²) >= 11 is 0. The average Bonchev–Trinajstić information content (AvgIpc) is 2.81. The lowest BCUT2D eigenvalue weighted by molar-refractivity contribution is -0.114. The summed E-state index contributed by atoms with van der Waals surface area (Å²) in [4.78, 5) is 11.6. The van der Waals surface area contributed by atoms with Gasteiger partial charge in [0.15, 0.2) is 0 Å². The number of benzene rings is 1. The largest absolute Gasteiger partial charge is 0.507 e. The van der Waals surface area contributed by atoms with Crippen molar-refractivity contribution in [3.8, 4) is 23.3 Å². The van der Waals surface area contributed by atoms with Crippen LogP contribution >= 0.6 is 0 Å². The molecule has 3 nitrogen and oxygen atoms in total. The maximum absolute atomic E-state index is 11.6. The van der Waals surface area contributed by atoms with Gasteiger partial charge in [0.2, 0.25) is 5.78 Å². The van der Waals surface area contributed by atoms with E-state index in [0.717, 1.165) is 0 Å². The molecule has 3 heteroatoms. The molecule has 0 saturated heterocycles. The molecule has 0 spiro atoms. The summed E-state index contributed by atoms with van der Waals surface area (Å²) in [5.74, 6) is 4.04. The Bertz CT molecular complexity index is 539. The monoisotopic (exact) mass is 226 g/mol. The van der Waals surface area contributed by atoms with Crippen LogP contribution in [0.1, 0.15) is 5.56 Å². The van der Waals surface area contributed by atoms with E-state index in [1.54, 1.807) is 24.3 Å². The van der Waals surface area contributed by atoms with Crippen LogP contribution in [0, 0.1) is 17.8 Å². The van der Waals surface area contributed by atoms with Crippen molar-refractivity contribution in [1.29, 1.82) is 0 Å². The van der Waals surface area contributed by atoms with E-state index >= 15 is 0 Å². The number of carbonyl (C=O) groups is 1. The van der Waals surface area contributed by atoms with Gasteiger partial charge >= 0.3 is 0 Å². The van der Waals surface area contributed by atoms with Crippen molar-refractivity contribution in [2.45, 2.75) is 0 Å². The third-order valence-corrected chi connectivity index (χ3v) is 2.38. The summed E-state index contributed by atoms with van der Waals surface area (Å²) in [6.45, 7) is 0. The zero-order valence-corrected chi connectivity index (χ0v) is 8.92. The number of hydrogen-bond acceptors (Lipinski definition) is 3. The molecular weight excluding hydrogens is 216 g/mol. The van der Waals surface area contributed by atoms with Crippen molar-refractivity contribution in [2.24, 2.45) is 5.92 Å². The van der Waals surface area contributed by atoms with Gasteiger partial charge in [-0.2, -0.15) is 0 Å². The Balaban J connectivity index is 2.24. The van der Waals surface area contributed by atoms with Gasteiger partial charge in [-0.25, -0.2) is 0 Å². The molecule has 0 atom stereocenters. The van der Waals surface area contributed by atoms with Crippen molar-refractivity contribution in [3.05, 3.63) is 48.1 Å². The third-order valence-electron chi connectivity index (χ3n) is 2.38. The molecule has 0 radical (unpaired) electrons. The molecule has 1 aliphatic carbocycles. The Morgan fingerprint density at radius 3 is 2.29 bits per heavy atom. The predicted octanol–water partition coefficient (Wildman–Crippen LogP) is 1.76. The van der Waals surface area contributed by atoms with Gasteiger partial charge in [-0.3, -0.25) is 4.79 Å². The molecule has 0 fully saturated rings. The second-order valence-electron chi connectivity index (χ2n) is 3.58. The van der Waals surface area contributed by atoms with Crippen molar-refractivity contribution < 1.29 is 15.0 Å². The van der Waals surface area contributed by atoms with Gasteiger partial charge in [0.05, 0.1) is 5.92 Å². The smallest absolute Gasteiger partial charge is 0.216 e. The first-order valence-electron chi connectivity index (χ1n) is 5.10. The molecule has 0 aliphatic heterocycles. The number of hydrogen-bond donors (Lipinski definition) is 2. The first-order valence-corrected chi connectivity index (χ1v) is 5.10. The molecule has 2 N–H and O–H groups in total. The fraction of sp³-hybridized carbons (Fsp3) is 0.0714. The Morgan fingerprint density at radius 2 is 1.71 bits per heavy atom. The number of phenolic OH excluding ortho intramolecular Hbond substituents is 2.